The average molecular weight is 219 g/mol. The molecule has 0 radical (unpaired) electrons. The van der Waals surface area contributed by atoms with Gasteiger partial charge in [-0.1, -0.05) is 6.92 Å². The lowest BCUT2D eigenvalue weighted by Crippen LogP contribution is -2.43. The summed E-state index contributed by atoms with van der Waals surface area (Å²) in [7, 11) is 0. The van der Waals surface area contributed by atoms with Gasteiger partial charge in [0.25, 0.3) is 0 Å². The molecule has 1 fully saturated rings. The Morgan fingerprint density at radius 1 is 1.56 bits per heavy atom. The van der Waals surface area contributed by atoms with Crippen molar-refractivity contribution in [3.05, 3.63) is 23.8 Å². The zero-order valence-electron chi connectivity index (χ0n) is 9.79. The Hall–Kier alpha value is -1.45. The molecule has 16 heavy (non-hydrogen) atoms. The number of carbonyl (C=O) groups is 1. The molecule has 1 saturated heterocycles. The van der Waals surface area contributed by atoms with Crippen molar-refractivity contribution in [1.82, 2.24) is 15.3 Å². The van der Waals surface area contributed by atoms with Crippen LogP contribution in [0.4, 0.5) is 0 Å². The molecule has 4 nitrogen and oxygen atoms in total. The largest absolute Gasteiger partial charge is 0.350 e. The van der Waals surface area contributed by atoms with Crippen LogP contribution >= 0.6 is 0 Å². The Bertz CT molecular complexity index is 405. The molecule has 0 saturated carbocycles. The van der Waals surface area contributed by atoms with E-state index in [2.05, 4.69) is 22.2 Å². The highest BCUT2D eigenvalue weighted by molar-refractivity contribution is 5.79. The molecule has 0 aliphatic carbocycles. The summed E-state index contributed by atoms with van der Waals surface area (Å²) < 4.78 is 0. The van der Waals surface area contributed by atoms with E-state index in [1.54, 1.807) is 6.20 Å². The molecule has 2 heterocycles. The van der Waals surface area contributed by atoms with E-state index in [-0.39, 0.29) is 11.4 Å². The summed E-state index contributed by atoms with van der Waals surface area (Å²) in [5.74, 6) is 0.945. The van der Waals surface area contributed by atoms with Gasteiger partial charge in [0.05, 0.1) is 0 Å². The summed E-state index contributed by atoms with van der Waals surface area (Å²) in [6, 6.07) is 1.93. The van der Waals surface area contributed by atoms with Crippen LogP contribution < -0.4 is 5.32 Å². The maximum Gasteiger partial charge on any atom is 0.220 e. The minimum absolute atomic E-state index is 0.0854. The molecule has 1 N–H and O–H groups in total. The second-order valence-electron chi connectivity index (χ2n) is 4.45. The van der Waals surface area contributed by atoms with Crippen LogP contribution in [0.5, 0.6) is 0 Å². The number of amides is 1. The number of aryl methyl sites for hydroxylation is 1. The van der Waals surface area contributed by atoms with Crippen molar-refractivity contribution in [1.29, 1.82) is 0 Å². The second-order valence-corrected chi connectivity index (χ2v) is 4.45. The summed E-state index contributed by atoms with van der Waals surface area (Å²) in [5, 5.41) is 3.09. The van der Waals surface area contributed by atoms with Crippen molar-refractivity contribution in [2.75, 3.05) is 0 Å². The molecule has 0 spiro atoms. The Morgan fingerprint density at radius 3 is 2.94 bits per heavy atom. The monoisotopic (exact) mass is 219 g/mol. The molecular weight excluding hydrogens is 202 g/mol. The van der Waals surface area contributed by atoms with E-state index in [9.17, 15) is 4.79 Å². The fourth-order valence-electron chi connectivity index (χ4n) is 2.25. The molecule has 1 aliphatic heterocycles. The summed E-state index contributed by atoms with van der Waals surface area (Å²) in [5.41, 5.74) is 0.925. The first-order chi connectivity index (χ1) is 7.63. The Balaban J connectivity index is 2.16. The minimum atomic E-state index is -0.0854. The highest BCUT2D eigenvalue weighted by Gasteiger charge is 2.36. The molecule has 1 aliphatic rings. The van der Waals surface area contributed by atoms with Gasteiger partial charge in [0.2, 0.25) is 5.91 Å². The third kappa shape index (κ3) is 2.21. The van der Waals surface area contributed by atoms with E-state index < -0.39 is 0 Å². The normalized spacial score (nSPS) is 24.5. The van der Waals surface area contributed by atoms with Gasteiger partial charge >= 0.3 is 0 Å². The molecule has 1 atom stereocenters. The molecule has 0 bridgehead atoms. The van der Waals surface area contributed by atoms with Gasteiger partial charge in [-0.2, -0.15) is 0 Å². The van der Waals surface area contributed by atoms with Gasteiger partial charge in [-0.15, -0.1) is 0 Å². The van der Waals surface area contributed by atoms with Crippen molar-refractivity contribution in [2.45, 2.75) is 45.1 Å². The van der Waals surface area contributed by atoms with Gasteiger partial charge in [0.15, 0.2) is 0 Å². The van der Waals surface area contributed by atoms with Crippen molar-refractivity contribution in [3.8, 4) is 0 Å². The van der Waals surface area contributed by atoms with Gasteiger partial charge in [-0.25, -0.2) is 9.97 Å². The number of hydrogen-bond donors (Lipinski definition) is 1. The first kappa shape index (κ1) is 11.0. The first-order valence-electron chi connectivity index (χ1n) is 5.73. The molecular formula is C12H17N3O. The van der Waals surface area contributed by atoms with E-state index in [1.807, 2.05) is 13.0 Å². The number of carbonyl (C=O) groups excluding carboxylic acids is 1. The molecule has 0 aromatic carbocycles. The Morgan fingerprint density at radius 2 is 2.38 bits per heavy atom. The lowest BCUT2D eigenvalue weighted by molar-refractivity contribution is -0.119. The summed E-state index contributed by atoms with van der Waals surface area (Å²) in [4.78, 5) is 19.8. The van der Waals surface area contributed by atoms with Crippen LogP contribution in [-0.4, -0.2) is 21.4 Å². The maximum absolute atomic E-state index is 11.3. The molecule has 1 amide bonds. The van der Waals surface area contributed by atoms with E-state index in [0.717, 1.165) is 30.8 Å². The number of nitrogens with zero attached hydrogens (tertiary/aromatic N) is 2. The fraction of sp³-hybridized carbons (Fsp3) is 0.583. The highest BCUT2D eigenvalue weighted by atomic mass is 16.2. The van der Waals surface area contributed by atoms with E-state index in [4.69, 9.17) is 0 Å². The minimum Gasteiger partial charge on any atom is -0.350 e. The van der Waals surface area contributed by atoms with Crippen molar-refractivity contribution in [2.24, 2.45) is 0 Å². The summed E-state index contributed by atoms with van der Waals surface area (Å²) in [6.07, 6.45) is 5.07. The zero-order valence-corrected chi connectivity index (χ0v) is 9.79. The Labute approximate surface area is 95.5 Å². The molecule has 86 valence electrons. The third-order valence-electron chi connectivity index (χ3n) is 3.27. The first-order valence-corrected chi connectivity index (χ1v) is 5.73. The van der Waals surface area contributed by atoms with Crippen LogP contribution in [0, 0.1) is 6.92 Å². The van der Waals surface area contributed by atoms with Gasteiger partial charge in [-0.05, 0) is 25.8 Å². The van der Waals surface area contributed by atoms with Gasteiger partial charge in [0.1, 0.15) is 5.82 Å². The summed E-state index contributed by atoms with van der Waals surface area (Å²) >= 11 is 0. The van der Waals surface area contributed by atoms with Gasteiger partial charge in [0, 0.05) is 30.3 Å². The van der Waals surface area contributed by atoms with Crippen LogP contribution in [0.3, 0.4) is 0 Å². The zero-order chi connectivity index (χ0) is 11.6. The quantitative estimate of drug-likeness (QED) is 0.835. The van der Waals surface area contributed by atoms with Crippen LogP contribution in [0.2, 0.25) is 0 Å². The standard InChI is InChI=1S/C12H17N3O/c1-3-12(6-4-11(16)15-12)8-10-5-7-13-9(2)14-10/h5,7H,3-4,6,8H2,1-2H3,(H,15,16). The van der Waals surface area contributed by atoms with Crippen molar-refractivity contribution < 1.29 is 4.79 Å². The topological polar surface area (TPSA) is 54.9 Å². The average Bonchev–Trinajstić information content (AvgIpc) is 2.61. The predicted octanol–water partition coefficient (Wildman–Crippen LogP) is 1.39. The van der Waals surface area contributed by atoms with E-state index >= 15 is 0 Å². The highest BCUT2D eigenvalue weighted by Crippen LogP contribution is 2.27. The maximum atomic E-state index is 11.3. The van der Waals surface area contributed by atoms with E-state index in [0.29, 0.717) is 6.42 Å². The predicted molar refractivity (Wildman–Crippen MR) is 60.9 cm³/mol. The molecule has 1 unspecified atom stereocenters. The van der Waals surface area contributed by atoms with Gasteiger partial charge < -0.3 is 5.32 Å². The van der Waals surface area contributed by atoms with Crippen molar-refractivity contribution >= 4 is 5.91 Å². The number of nitrogens with one attached hydrogen (secondary N) is 1. The fourth-order valence-corrected chi connectivity index (χ4v) is 2.25. The number of aromatic nitrogens is 2. The van der Waals surface area contributed by atoms with Crippen LogP contribution in [0.15, 0.2) is 12.3 Å². The van der Waals surface area contributed by atoms with Crippen LogP contribution in [0.1, 0.15) is 37.7 Å². The number of rotatable bonds is 3. The number of hydrogen-bond acceptors (Lipinski definition) is 3. The summed E-state index contributed by atoms with van der Waals surface area (Å²) in [6.45, 7) is 4.00. The van der Waals surface area contributed by atoms with E-state index in [1.165, 1.54) is 0 Å². The van der Waals surface area contributed by atoms with Gasteiger partial charge in [-0.3, -0.25) is 4.79 Å². The molecule has 1 aromatic rings. The van der Waals surface area contributed by atoms with Crippen LogP contribution in [0.25, 0.3) is 0 Å². The SMILES string of the molecule is CCC1(Cc2ccnc(C)n2)CCC(=O)N1. The third-order valence-corrected chi connectivity index (χ3v) is 3.27. The lowest BCUT2D eigenvalue weighted by atomic mass is 9.89. The van der Waals surface area contributed by atoms with Crippen molar-refractivity contribution in [3.63, 3.8) is 0 Å². The molecule has 2 rings (SSSR count). The lowest BCUT2D eigenvalue weighted by Gasteiger charge is -2.27. The second kappa shape index (κ2) is 4.20. The van der Waals surface area contributed by atoms with Crippen LogP contribution in [-0.2, 0) is 11.2 Å². The molecule has 1 aromatic heterocycles. The molecule has 4 heteroatoms. The Kier molecular flexibility index (Phi) is 2.90. The smallest absolute Gasteiger partial charge is 0.220 e.